The van der Waals surface area contributed by atoms with Crippen LogP contribution in [0.5, 0.6) is 0 Å². The second kappa shape index (κ2) is 25.6. The number of aliphatic carboxylic acids is 3. The van der Waals surface area contributed by atoms with Gasteiger partial charge in [0.1, 0.15) is 18.3 Å². The van der Waals surface area contributed by atoms with Crippen molar-refractivity contribution >= 4 is 77.5 Å². The van der Waals surface area contributed by atoms with Crippen molar-refractivity contribution in [2.24, 2.45) is 77.5 Å². The summed E-state index contributed by atoms with van der Waals surface area (Å²) >= 11 is 0. The van der Waals surface area contributed by atoms with Gasteiger partial charge in [0.25, 0.3) is 0 Å². The number of aliphatic hydroxyl groups excluding tert-OH is 2. The fourth-order valence-electron chi connectivity index (χ4n) is 15.4. The number of aliphatic imine (C=N–C) groups is 3. The zero-order valence-electron chi connectivity index (χ0n) is 52.9. The highest BCUT2D eigenvalue weighted by Crippen LogP contribution is 2.63. The lowest BCUT2D eigenvalue weighted by Crippen LogP contribution is -2.56. The van der Waals surface area contributed by atoms with Crippen LogP contribution in [-0.2, 0) is 51.9 Å². The van der Waals surface area contributed by atoms with Crippen LogP contribution in [0.15, 0.2) is 67.8 Å². The summed E-state index contributed by atoms with van der Waals surface area (Å²) in [5.41, 5.74) is 18.5. The van der Waals surface area contributed by atoms with Crippen molar-refractivity contribution in [2.75, 3.05) is 13.2 Å². The van der Waals surface area contributed by atoms with Gasteiger partial charge in [-0.3, -0.25) is 57.6 Å². The van der Waals surface area contributed by atoms with Gasteiger partial charge in [-0.25, -0.2) is 9.55 Å². The molecule has 2 saturated heterocycles. The monoisotopic (exact) mass is 1270 g/mol. The second-order valence-electron chi connectivity index (χ2n) is 26.9. The number of phosphoric acid groups is 1. The number of ether oxygens (including phenoxy) is 1. The number of allylic oxidation sites excluding steroid dienone is 6. The molecule has 1 unspecified atom stereocenters. The lowest BCUT2D eigenvalue weighted by atomic mass is 9.55. The van der Waals surface area contributed by atoms with E-state index in [1.165, 1.54) is 13.3 Å². The number of nitrogens with zero attached hydrogens (tertiary/aromatic N) is 5. The number of aliphatic hydroxyl groups is 2. The highest BCUT2D eigenvalue weighted by Gasteiger charge is 2.66. The molecule has 8 bridgehead atoms. The zero-order chi connectivity index (χ0) is 66.7. The summed E-state index contributed by atoms with van der Waals surface area (Å²) in [4.78, 5) is 125. The van der Waals surface area contributed by atoms with Gasteiger partial charge >= 0.3 is 25.7 Å². The largest absolute Gasteiger partial charge is 0.481 e. The van der Waals surface area contributed by atoms with Crippen LogP contribution in [0.4, 0.5) is 0 Å². The van der Waals surface area contributed by atoms with Crippen molar-refractivity contribution < 1.29 is 82.3 Å². The molecule has 90 heavy (non-hydrogen) atoms. The van der Waals surface area contributed by atoms with E-state index in [-0.39, 0.29) is 70.8 Å². The average Bonchev–Trinajstić information content (AvgIpc) is 1.53. The molecule has 6 aliphatic rings. The van der Waals surface area contributed by atoms with Gasteiger partial charge in [0.15, 0.2) is 6.23 Å². The predicted molar refractivity (Wildman–Crippen MR) is 329 cm³/mol. The van der Waals surface area contributed by atoms with Crippen molar-refractivity contribution in [1.29, 1.82) is 0 Å². The van der Waals surface area contributed by atoms with E-state index < -0.39 is 150 Å². The number of aryl methyl sites for hydroxylation is 2. The number of phosphoric ester groups is 1. The number of hydrogen-bond donors (Lipinski definition) is 11. The maximum Gasteiger partial charge on any atom is 0.472 e. The number of rotatable bonds is 26. The fourth-order valence-corrected chi connectivity index (χ4v) is 16.5. The van der Waals surface area contributed by atoms with Crippen molar-refractivity contribution in [3.05, 3.63) is 63.9 Å². The summed E-state index contributed by atoms with van der Waals surface area (Å²) in [6.45, 7) is 18.7. The molecule has 14 N–H and O–H groups in total. The molecule has 6 aliphatic heterocycles. The molecule has 7 heterocycles. The van der Waals surface area contributed by atoms with Gasteiger partial charge in [-0.1, -0.05) is 34.6 Å². The Balaban J connectivity index is 1.19. The molecular formula is C62H87N10O17P. The normalized spacial score (nSPS) is 32.0. The molecule has 1 aromatic carbocycles. The van der Waals surface area contributed by atoms with Gasteiger partial charge in [0, 0.05) is 131 Å². The molecule has 0 spiro atoms. The zero-order valence-corrected chi connectivity index (χ0v) is 53.8. The molecule has 8 rings (SSSR count). The van der Waals surface area contributed by atoms with Gasteiger partial charge in [-0.15, -0.1) is 0 Å². The standard InChI is InChI=1S/C62H87N10O17P/c1-29-20-39-40(21-30(29)2)72(28-67-39)57-52(84)53(41(27-73)87-57)89-90(85,86)88-31(3)26-66-46(77)18-19-59(8)37(22-43(63)74)56-62(11)61(10,25-45(65)76)36(14-17-49(82)83)51(71-62)33(5)55-60(9,24-44(64)75)34(12-15-47(78)79)38(68-55)23-42-58(6,7)35(13-16-48(80)81)50(69-42)32(4)54(59)70-56/h20-21,23,28,31,34-37,41,52-53,56-57,68,73,84H,12-19,22,24-27H2,1-11H3,(H2,63,74)(H2,64,75)(H2,65,76)(H,66,77)(H,78,79)(H,80,81)(H,82,83)(H,85,86)/t31-,34-,35-,36-,37+,41-,52-,53-,56-,57+,59-,60+,61+,62+/m1/s1. The van der Waals surface area contributed by atoms with Crippen molar-refractivity contribution in [2.45, 2.75) is 189 Å². The Kier molecular flexibility index (Phi) is 19.6. The number of carboxylic acids is 3. The number of hydrogen-bond acceptors (Lipinski definition) is 18. The van der Waals surface area contributed by atoms with E-state index in [9.17, 15) is 68.6 Å². The van der Waals surface area contributed by atoms with E-state index in [0.717, 1.165) is 11.1 Å². The molecule has 2 aromatic rings. The topological polar surface area (TPSA) is 443 Å². The number of carbonyl (C=O) groups is 7. The number of primary amides is 3. The SMILES string of the molecule is CC1=C2N=C(C=C3NC(=C(C)C4=N[C@@](C)([C@@H]5N=C1[C@](C)(CCC(=O)NC[C@@H](C)OP(=O)(O)O[C@H]1[C@@H](O)[C@@H](n6cnc7cc(C)c(C)cc76)O[C@@H]1CO)[C@H]5CC(N)=O)[C@@](C)(CC(N)=O)[C@@H]4CCC(=O)O)[C@@](C)(CC(N)=O)[C@@H]3CCC(=O)O)C(C)(C)[C@@H]2CCC(=O)O. The molecule has 492 valence electrons. The maximum atomic E-state index is 14.3. The first-order chi connectivity index (χ1) is 41.8. The van der Waals surface area contributed by atoms with E-state index in [1.807, 2.05) is 46.8 Å². The number of fused-ring (bicyclic) bond motifs is 7. The molecule has 27 nitrogen and oxygen atoms in total. The van der Waals surface area contributed by atoms with Gasteiger partial charge in [0.2, 0.25) is 23.6 Å². The van der Waals surface area contributed by atoms with E-state index in [4.69, 9.17) is 46.0 Å². The summed E-state index contributed by atoms with van der Waals surface area (Å²) < 4.78 is 32.2. The number of aromatic nitrogens is 2. The Morgan fingerprint density at radius 1 is 0.822 bits per heavy atom. The van der Waals surface area contributed by atoms with Gasteiger partial charge in [-0.2, -0.15) is 0 Å². The number of carbonyl (C=O) groups excluding carboxylic acids is 4. The van der Waals surface area contributed by atoms with Crippen LogP contribution < -0.4 is 27.8 Å². The summed E-state index contributed by atoms with van der Waals surface area (Å²) in [5.74, 6) is -9.33. The summed E-state index contributed by atoms with van der Waals surface area (Å²) in [6.07, 6.45) is -5.91. The van der Waals surface area contributed by atoms with Crippen LogP contribution in [0, 0.1) is 59.2 Å². The van der Waals surface area contributed by atoms with Crippen LogP contribution >= 0.6 is 7.82 Å². The molecule has 0 radical (unpaired) electrons. The third kappa shape index (κ3) is 13.0. The molecule has 0 saturated carbocycles. The van der Waals surface area contributed by atoms with E-state index >= 15 is 0 Å². The number of benzene rings is 1. The Labute approximate surface area is 521 Å². The summed E-state index contributed by atoms with van der Waals surface area (Å²) in [7, 11) is -5.09. The van der Waals surface area contributed by atoms with Gasteiger partial charge in [0.05, 0.1) is 41.7 Å². The van der Waals surface area contributed by atoms with Crippen molar-refractivity contribution in [3.8, 4) is 0 Å². The summed E-state index contributed by atoms with van der Waals surface area (Å²) in [6, 6.07) is 2.61. The number of nitrogens with one attached hydrogen (secondary N) is 2. The number of amides is 4. The lowest BCUT2D eigenvalue weighted by Gasteiger charge is -2.48. The first-order valence-corrected chi connectivity index (χ1v) is 31.9. The molecule has 28 heteroatoms. The molecule has 4 amide bonds. The molecule has 15 atom stereocenters. The lowest BCUT2D eigenvalue weighted by molar-refractivity contribution is -0.138. The van der Waals surface area contributed by atoms with E-state index in [1.54, 1.807) is 45.3 Å². The third-order valence-electron chi connectivity index (χ3n) is 20.5. The number of carboxylic acid groups (broad SMARTS) is 3. The minimum Gasteiger partial charge on any atom is -0.481 e. The number of imidazole rings is 1. The predicted octanol–water partition coefficient (Wildman–Crippen LogP) is 4.96. The average molecular weight is 1280 g/mol. The summed E-state index contributed by atoms with van der Waals surface area (Å²) in [5, 5.41) is 58.7. The van der Waals surface area contributed by atoms with Gasteiger partial charge in [-0.05, 0) is 108 Å². The molecule has 1 aromatic heterocycles. The minimum absolute atomic E-state index is 0.0140. The van der Waals surface area contributed by atoms with Crippen LogP contribution in [0.1, 0.15) is 150 Å². The quantitative estimate of drug-likeness (QED) is 0.0554. The fraction of sp³-hybridized carbons (Fsp3) is 0.629. The van der Waals surface area contributed by atoms with Gasteiger partial charge < -0.3 is 67.6 Å². The van der Waals surface area contributed by atoms with Crippen LogP contribution in [-0.4, -0.2) is 148 Å². The van der Waals surface area contributed by atoms with Crippen molar-refractivity contribution in [1.82, 2.24) is 20.2 Å². The maximum absolute atomic E-state index is 14.3. The first kappa shape index (κ1) is 68.9. The van der Waals surface area contributed by atoms with Crippen LogP contribution in [0.3, 0.4) is 0 Å². The first-order valence-electron chi connectivity index (χ1n) is 30.4. The van der Waals surface area contributed by atoms with Crippen molar-refractivity contribution in [3.63, 3.8) is 0 Å². The van der Waals surface area contributed by atoms with Crippen LogP contribution in [0.25, 0.3) is 11.0 Å². The molecule has 0 aliphatic carbocycles. The highest BCUT2D eigenvalue weighted by molar-refractivity contribution is 7.47. The highest BCUT2D eigenvalue weighted by atomic mass is 31.2. The Bertz CT molecular complexity index is 3530. The smallest absolute Gasteiger partial charge is 0.472 e. The Morgan fingerprint density at radius 3 is 2.01 bits per heavy atom. The minimum atomic E-state index is -5.09. The van der Waals surface area contributed by atoms with E-state index in [2.05, 4.69) is 15.6 Å². The van der Waals surface area contributed by atoms with Crippen LogP contribution in [0.2, 0.25) is 0 Å². The Hall–Kier alpha value is -7.00. The molecule has 2 fully saturated rings. The number of nitrogens with two attached hydrogens (primary N) is 3. The molecular weight excluding hydrogens is 1190 g/mol. The Morgan fingerprint density at radius 2 is 1.42 bits per heavy atom. The third-order valence-corrected chi connectivity index (χ3v) is 21.6. The second-order valence-corrected chi connectivity index (χ2v) is 28.2. The van der Waals surface area contributed by atoms with E-state index in [0.29, 0.717) is 56.4 Å².